The molecule has 4 heteroatoms. The highest BCUT2D eigenvalue weighted by molar-refractivity contribution is 5.70. The van der Waals surface area contributed by atoms with E-state index in [4.69, 9.17) is 10.5 Å². The minimum Gasteiger partial charge on any atom is -0.439 e. The summed E-state index contributed by atoms with van der Waals surface area (Å²) in [6, 6.07) is 5.76. The standard InChI is InChI=1S/C11H14N2O2/c1-7-3-4-8(5-9(7)12)10-6-13(2)11(14)15-10/h3-5,10H,6,12H2,1-2H3. The summed E-state index contributed by atoms with van der Waals surface area (Å²) >= 11 is 0. The topological polar surface area (TPSA) is 55.6 Å². The summed E-state index contributed by atoms with van der Waals surface area (Å²) in [4.78, 5) is 12.7. The first kappa shape index (κ1) is 9.83. The van der Waals surface area contributed by atoms with Gasteiger partial charge in [0.15, 0.2) is 0 Å². The Bertz CT molecular complexity index is 404. The fourth-order valence-corrected chi connectivity index (χ4v) is 1.60. The van der Waals surface area contributed by atoms with Crippen LogP contribution in [-0.2, 0) is 4.74 Å². The molecule has 0 aromatic heterocycles. The van der Waals surface area contributed by atoms with E-state index >= 15 is 0 Å². The second-order valence-corrected chi connectivity index (χ2v) is 3.87. The van der Waals surface area contributed by atoms with E-state index in [1.165, 1.54) is 0 Å². The zero-order chi connectivity index (χ0) is 11.0. The molecule has 2 N–H and O–H groups in total. The van der Waals surface area contributed by atoms with Crippen molar-refractivity contribution in [2.75, 3.05) is 19.3 Å². The number of anilines is 1. The van der Waals surface area contributed by atoms with Crippen LogP contribution in [0.4, 0.5) is 10.5 Å². The molecule has 1 aliphatic heterocycles. The summed E-state index contributed by atoms with van der Waals surface area (Å²) in [5, 5.41) is 0. The number of hydrogen-bond donors (Lipinski definition) is 1. The molecular weight excluding hydrogens is 192 g/mol. The van der Waals surface area contributed by atoms with Crippen LogP contribution in [0.1, 0.15) is 17.2 Å². The van der Waals surface area contributed by atoms with E-state index in [9.17, 15) is 4.79 Å². The molecule has 1 unspecified atom stereocenters. The second-order valence-electron chi connectivity index (χ2n) is 3.87. The van der Waals surface area contributed by atoms with Gasteiger partial charge in [-0.15, -0.1) is 0 Å². The van der Waals surface area contributed by atoms with Crippen LogP contribution in [0.15, 0.2) is 18.2 Å². The maximum atomic E-state index is 11.2. The Labute approximate surface area is 88.6 Å². The Hall–Kier alpha value is -1.71. The van der Waals surface area contributed by atoms with Crippen LogP contribution in [0, 0.1) is 6.92 Å². The fourth-order valence-electron chi connectivity index (χ4n) is 1.60. The van der Waals surface area contributed by atoms with Crippen molar-refractivity contribution in [3.63, 3.8) is 0 Å². The van der Waals surface area contributed by atoms with Crippen LogP contribution in [0.25, 0.3) is 0 Å². The average molecular weight is 206 g/mol. The van der Waals surface area contributed by atoms with Crippen molar-refractivity contribution < 1.29 is 9.53 Å². The molecule has 1 saturated heterocycles. The maximum Gasteiger partial charge on any atom is 0.410 e. The van der Waals surface area contributed by atoms with E-state index in [0.717, 1.165) is 16.8 Å². The number of aryl methyl sites for hydroxylation is 1. The first-order valence-corrected chi connectivity index (χ1v) is 4.85. The Balaban J connectivity index is 2.24. The minimum absolute atomic E-state index is 0.189. The van der Waals surface area contributed by atoms with Crippen LogP contribution < -0.4 is 5.73 Å². The second kappa shape index (κ2) is 3.46. The predicted molar refractivity (Wildman–Crippen MR) is 57.4 cm³/mol. The van der Waals surface area contributed by atoms with Crippen molar-refractivity contribution in [2.45, 2.75) is 13.0 Å². The molecule has 1 fully saturated rings. The molecule has 1 atom stereocenters. The van der Waals surface area contributed by atoms with Gasteiger partial charge in [0.05, 0.1) is 6.54 Å². The van der Waals surface area contributed by atoms with E-state index in [-0.39, 0.29) is 12.2 Å². The van der Waals surface area contributed by atoms with E-state index in [0.29, 0.717) is 6.54 Å². The van der Waals surface area contributed by atoms with E-state index in [1.807, 2.05) is 25.1 Å². The SMILES string of the molecule is Cc1ccc(C2CN(C)C(=O)O2)cc1N. The van der Waals surface area contributed by atoms with Gasteiger partial charge in [0.1, 0.15) is 6.10 Å². The van der Waals surface area contributed by atoms with Gasteiger partial charge in [0.25, 0.3) is 0 Å². The molecule has 2 rings (SSSR count). The Kier molecular flexibility index (Phi) is 2.26. The number of cyclic esters (lactones) is 1. The monoisotopic (exact) mass is 206 g/mol. The zero-order valence-corrected chi connectivity index (χ0v) is 8.86. The molecule has 15 heavy (non-hydrogen) atoms. The van der Waals surface area contributed by atoms with Crippen molar-refractivity contribution in [3.8, 4) is 0 Å². The van der Waals surface area contributed by atoms with E-state index < -0.39 is 0 Å². The largest absolute Gasteiger partial charge is 0.439 e. The van der Waals surface area contributed by atoms with Crippen LogP contribution in [0.3, 0.4) is 0 Å². The quantitative estimate of drug-likeness (QED) is 0.711. The van der Waals surface area contributed by atoms with Gasteiger partial charge in [-0.25, -0.2) is 4.79 Å². The van der Waals surface area contributed by atoms with Gasteiger partial charge in [0.2, 0.25) is 0 Å². The Morgan fingerprint density at radius 3 is 2.80 bits per heavy atom. The number of ether oxygens (including phenoxy) is 1. The summed E-state index contributed by atoms with van der Waals surface area (Å²) in [6.45, 7) is 2.53. The Morgan fingerprint density at radius 2 is 2.27 bits per heavy atom. The average Bonchev–Trinajstić information content (AvgIpc) is 2.52. The number of amides is 1. The van der Waals surface area contributed by atoms with Gasteiger partial charge in [-0.1, -0.05) is 12.1 Å². The highest BCUT2D eigenvalue weighted by Crippen LogP contribution is 2.27. The normalized spacial score (nSPS) is 20.5. The molecule has 0 aliphatic carbocycles. The van der Waals surface area contributed by atoms with Crippen molar-refractivity contribution in [3.05, 3.63) is 29.3 Å². The first-order chi connectivity index (χ1) is 7.08. The third-order valence-corrected chi connectivity index (χ3v) is 2.67. The molecule has 0 bridgehead atoms. The van der Waals surface area contributed by atoms with Gasteiger partial charge >= 0.3 is 6.09 Å². The van der Waals surface area contributed by atoms with Gasteiger partial charge < -0.3 is 15.4 Å². The lowest BCUT2D eigenvalue weighted by Crippen LogP contribution is -2.17. The van der Waals surface area contributed by atoms with Gasteiger partial charge in [-0.05, 0) is 24.1 Å². The van der Waals surface area contributed by atoms with Crippen molar-refractivity contribution in [2.24, 2.45) is 0 Å². The Morgan fingerprint density at radius 1 is 1.53 bits per heavy atom. The van der Waals surface area contributed by atoms with Crippen LogP contribution >= 0.6 is 0 Å². The molecule has 1 aromatic rings. The molecule has 0 saturated carbocycles. The number of hydrogen-bond acceptors (Lipinski definition) is 3. The van der Waals surface area contributed by atoms with Crippen LogP contribution in [0.2, 0.25) is 0 Å². The summed E-state index contributed by atoms with van der Waals surface area (Å²) in [6.07, 6.45) is -0.468. The summed E-state index contributed by atoms with van der Waals surface area (Å²) in [5.41, 5.74) is 8.53. The number of nitrogens with two attached hydrogens (primary N) is 1. The number of nitrogens with zero attached hydrogens (tertiary/aromatic N) is 1. The highest BCUT2D eigenvalue weighted by atomic mass is 16.6. The van der Waals surface area contributed by atoms with Crippen LogP contribution in [0.5, 0.6) is 0 Å². The number of rotatable bonds is 1. The van der Waals surface area contributed by atoms with E-state index in [2.05, 4.69) is 0 Å². The van der Waals surface area contributed by atoms with Crippen molar-refractivity contribution in [1.82, 2.24) is 4.90 Å². The molecule has 1 heterocycles. The molecule has 1 amide bonds. The number of likely N-dealkylation sites (N-methyl/N-ethyl adjacent to an activating group) is 1. The number of benzene rings is 1. The zero-order valence-electron chi connectivity index (χ0n) is 8.86. The van der Waals surface area contributed by atoms with Gasteiger partial charge in [-0.3, -0.25) is 0 Å². The lowest BCUT2D eigenvalue weighted by atomic mass is 10.1. The summed E-state index contributed by atoms with van der Waals surface area (Å²) < 4.78 is 5.19. The van der Waals surface area contributed by atoms with E-state index in [1.54, 1.807) is 11.9 Å². The van der Waals surface area contributed by atoms with Crippen LogP contribution in [-0.4, -0.2) is 24.6 Å². The molecule has 80 valence electrons. The van der Waals surface area contributed by atoms with Gasteiger partial charge in [-0.2, -0.15) is 0 Å². The summed E-state index contributed by atoms with van der Waals surface area (Å²) in [7, 11) is 1.72. The number of carbonyl (C=O) groups is 1. The molecule has 0 radical (unpaired) electrons. The smallest absolute Gasteiger partial charge is 0.410 e. The highest BCUT2D eigenvalue weighted by Gasteiger charge is 2.29. The summed E-state index contributed by atoms with van der Waals surface area (Å²) in [5.74, 6) is 0. The molecule has 1 aliphatic rings. The van der Waals surface area contributed by atoms with Gasteiger partial charge in [0, 0.05) is 12.7 Å². The van der Waals surface area contributed by atoms with Crippen molar-refractivity contribution in [1.29, 1.82) is 0 Å². The molecule has 0 spiro atoms. The maximum absolute atomic E-state index is 11.2. The lowest BCUT2D eigenvalue weighted by molar-refractivity contribution is 0.135. The molecular formula is C11H14N2O2. The fraction of sp³-hybridized carbons (Fsp3) is 0.364. The lowest BCUT2D eigenvalue weighted by Gasteiger charge is -2.10. The first-order valence-electron chi connectivity index (χ1n) is 4.85. The third kappa shape index (κ3) is 1.75. The van der Waals surface area contributed by atoms with Crippen molar-refractivity contribution >= 4 is 11.8 Å². The third-order valence-electron chi connectivity index (χ3n) is 2.67. The number of carbonyl (C=O) groups excluding carboxylic acids is 1. The molecule has 4 nitrogen and oxygen atoms in total. The number of nitrogen functional groups attached to an aromatic ring is 1. The minimum atomic E-state index is -0.279. The predicted octanol–water partition coefficient (Wildman–Crippen LogP) is 1.70. The molecule has 1 aromatic carbocycles.